The Kier molecular flexibility index (Phi) is 5.45. The van der Waals surface area contributed by atoms with Crippen molar-refractivity contribution in [3.63, 3.8) is 0 Å². The number of carbonyl (C=O) groups is 1. The summed E-state index contributed by atoms with van der Waals surface area (Å²) in [5.41, 5.74) is 4.50. The molecule has 6 heteroatoms. The quantitative estimate of drug-likeness (QED) is 0.694. The van der Waals surface area contributed by atoms with Gasteiger partial charge in [-0.05, 0) is 61.9 Å². The van der Waals surface area contributed by atoms with Gasteiger partial charge in [-0.25, -0.2) is 9.18 Å². The predicted molar refractivity (Wildman–Crippen MR) is 104 cm³/mol. The third-order valence-corrected chi connectivity index (χ3v) is 4.42. The number of ether oxygens (including phenoxy) is 1. The van der Waals surface area contributed by atoms with Crippen molar-refractivity contribution in [1.82, 2.24) is 9.88 Å². The van der Waals surface area contributed by atoms with Crippen molar-refractivity contribution in [1.29, 1.82) is 0 Å². The second kappa shape index (κ2) is 7.95. The molecule has 5 nitrogen and oxygen atoms in total. The Morgan fingerprint density at radius 2 is 1.81 bits per heavy atom. The Hall–Kier alpha value is -3.28. The summed E-state index contributed by atoms with van der Waals surface area (Å²) < 4.78 is 20.4. The van der Waals surface area contributed by atoms with Crippen molar-refractivity contribution < 1.29 is 13.9 Å². The van der Waals surface area contributed by atoms with Crippen molar-refractivity contribution in [2.24, 2.45) is 0 Å². The lowest BCUT2D eigenvalue weighted by atomic mass is 10.2. The second-order valence-electron chi connectivity index (χ2n) is 6.22. The number of halogens is 1. The van der Waals surface area contributed by atoms with Gasteiger partial charge in [0.1, 0.15) is 11.6 Å². The second-order valence-corrected chi connectivity index (χ2v) is 6.22. The zero-order chi connectivity index (χ0) is 19.4. The summed E-state index contributed by atoms with van der Waals surface area (Å²) in [6, 6.07) is 15.3. The zero-order valence-electron chi connectivity index (χ0n) is 15.5. The molecular formula is C21H22FN3O2. The number of anilines is 1. The van der Waals surface area contributed by atoms with Crippen LogP contribution in [-0.4, -0.2) is 17.7 Å². The summed E-state index contributed by atoms with van der Waals surface area (Å²) >= 11 is 0. The molecule has 0 spiro atoms. The van der Waals surface area contributed by atoms with Gasteiger partial charge >= 0.3 is 6.03 Å². The molecular weight excluding hydrogens is 345 g/mol. The van der Waals surface area contributed by atoms with Crippen LogP contribution in [0.5, 0.6) is 5.75 Å². The molecule has 3 rings (SSSR count). The van der Waals surface area contributed by atoms with Crippen LogP contribution in [0.1, 0.15) is 17.0 Å². The molecule has 2 amide bonds. The van der Waals surface area contributed by atoms with Gasteiger partial charge in [0, 0.05) is 23.6 Å². The highest BCUT2D eigenvalue weighted by atomic mass is 19.1. The van der Waals surface area contributed by atoms with Crippen LogP contribution >= 0.6 is 0 Å². The van der Waals surface area contributed by atoms with Gasteiger partial charge in [0.15, 0.2) is 0 Å². The molecule has 0 atom stereocenters. The van der Waals surface area contributed by atoms with Gasteiger partial charge in [-0.1, -0.05) is 12.1 Å². The lowest BCUT2D eigenvalue weighted by Gasteiger charge is -2.12. The molecule has 2 aromatic carbocycles. The predicted octanol–water partition coefficient (Wildman–Crippen LogP) is 4.56. The fraction of sp³-hybridized carbons (Fsp3) is 0.190. The van der Waals surface area contributed by atoms with Crippen LogP contribution in [0.15, 0.2) is 54.6 Å². The van der Waals surface area contributed by atoms with E-state index in [1.54, 1.807) is 31.4 Å². The summed E-state index contributed by atoms with van der Waals surface area (Å²) in [6.45, 7) is 4.34. The number of urea groups is 1. The van der Waals surface area contributed by atoms with Gasteiger partial charge < -0.3 is 19.9 Å². The molecule has 0 saturated carbocycles. The number of nitrogens with one attached hydrogen (secondary N) is 2. The summed E-state index contributed by atoms with van der Waals surface area (Å²) in [4.78, 5) is 12.2. The summed E-state index contributed by atoms with van der Waals surface area (Å²) in [5, 5.41) is 5.65. The molecule has 0 aliphatic rings. The lowest BCUT2D eigenvalue weighted by molar-refractivity contribution is 0.251. The van der Waals surface area contributed by atoms with E-state index in [1.165, 1.54) is 12.1 Å². The van der Waals surface area contributed by atoms with Crippen LogP contribution in [-0.2, 0) is 6.54 Å². The van der Waals surface area contributed by atoms with Crippen LogP contribution in [0.4, 0.5) is 14.9 Å². The van der Waals surface area contributed by atoms with Crippen molar-refractivity contribution in [3.8, 4) is 11.4 Å². The third kappa shape index (κ3) is 4.11. The Labute approximate surface area is 157 Å². The van der Waals surface area contributed by atoms with Crippen LogP contribution in [0.25, 0.3) is 5.69 Å². The Morgan fingerprint density at radius 1 is 1.11 bits per heavy atom. The van der Waals surface area contributed by atoms with Crippen molar-refractivity contribution in [3.05, 3.63) is 77.4 Å². The molecule has 0 aliphatic heterocycles. The van der Waals surface area contributed by atoms with Crippen LogP contribution in [0.3, 0.4) is 0 Å². The topological polar surface area (TPSA) is 55.3 Å². The van der Waals surface area contributed by atoms with E-state index in [9.17, 15) is 9.18 Å². The number of hydrogen-bond donors (Lipinski definition) is 2. The first-order valence-electron chi connectivity index (χ1n) is 8.61. The Balaban J connectivity index is 1.70. The first kappa shape index (κ1) is 18.5. The van der Waals surface area contributed by atoms with Crippen LogP contribution in [0, 0.1) is 19.7 Å². The number of benzene rings is 2. The summed E-state index contributed by atoms with van der Waals surface area (Å²) in [6.07, 6.45) is 0. The Bertz CT molecular complexity index is 949. The average molecular weight is 367 g/mol. The molecule has 1 aromatic heterocycles. The maximum Gasteiger partial charge on any atom is 0.319 e. The maximum absolute atomic E-state index is 13.2. The minimum absolute atomic E-state index is 0.267. The van der Waals surface area contributed by atoms with Gasteiger partial charge in [0.05, 0.1) is 12.8 Å². The molecule has 0 saturated heterocycles. The zero-order valence-corrected chi connectivity index (χ0v) is 15.5. The highest BCUT2D eigenvalue weighted by Crippen LogP contribution is 2.23. The molecule has 0 unspecified atom stereocenters. The molecule has 0 bridgehead atoms. The number of aromatic nitrogens is 1. The van der Waals surface area contributed by atoms with E-state index < -0.39 is 0 Å². The number of nitrogens with zero attached hydrogens (tertiary/aromatic N) is 1. The van der Waals surface area contributed by atoms with E-state index >= 15 is 0 Å². The first-order valence-corrected chi connectivity index (χ1v) is 8.61. The van der Waals surface area contributed by atoms with Crippen molar-refractivity contribution in [2.45, 2.75) is 20.4 Å². The summed E-state index contributed by atoms with van der Waals surface area (Å²) in [5.74, 6) is 0.332. The van der Waals surface area contributed by atoms with Gasteiger partial charge in [0.2, 0.25) is 0 Å². The number of rotatable bonds is 5. The number of hydrogen-bond acceptors (Lipinski definition) is 2. The maximum atomic E-state index is 13.2. The number of amides is 2. The number of methoxy groups -OCH3 is 1. The van der Waals surface area contributed by atoms with Gasteiger partial charge in [-0.15, -0.1) is 0 Å². The van der Waals surface area contributed by atoms with E-state index in [4.69, 9.17) is 4.74 Å². The van der Waals surface area contributed by atoms with E-state index in [1.807, 2.05) is 36.6 Å². The SMILES string of the molecule is COc1ccccc1NC(=O)NCc1cc(C)n(-c2ccc(F)cc2)c1C. The third-order valence-electron chi connectivity index (χ3n) is 4.42. The highest BCUT2D eigenvalue weighted by molar-refractivity contribution is 5.90. The fourth-order valence-corrected chi connectivity index (χ4v) is 3.09. The lowest BCUT2D eigenvalue weighted by Crippen LogP contribution is -2.28. The van der Waals surface area contributed by atoms with Gasteiger partial charge in [-0.3, -0.25) is 0 Å². The Morgan fingerprint density at radius 3 is 2.52 bits per heavy atom. The van der Waals surface area contributed by atoms with Gasteiger partial charge in [-0.2, -0.15) is 0 Å². The average Bonchev–Trinajstić information content (AvgIpc) is 2.95. The minimum atomic E-state index is -0.314. The van der Waals surface area contributed by atoms with Gasteiger partial charge in [0.25, 0.3) is 0 Å². The molecule has 1 heterocycles. The van der Waals surface area contributed by atoms with E-state index in [2.05, 4.69) is 10.6 Å². The minimum Gasteiger partial charge on any atom is -0.495 e. The van der Waals surface area contributed by atoms with Crippen molar-refractivity contribution in [2.75, 3.05) is 12.4 Å². The van der Waals surface area contributed by atoms with Crippen LogP contribution < -0.4 is 15.4 Å². The monoisotopic (exact) mass is 367 g/mol. The number of para-hydroxylation sites is 2. The first-order chi connectivity index (χ1) is 13.0. The molecule has 140 valence electrons. The van der Waals surface area contributed by atoms with Crippen molar-refractivity contribution >= 4 is 11.7 Å². The largest absolute Gasteiger partial charge is 0.495 e. The molecule has 0 fully saturated rings. The molecule has 0 radical (unpaired) electrons. The normalized spacial score (nSPS) is 10.5. The van der Waals surface area contributed by atoms with E-state index in [-0.39, 0.29) is 11.8 Å². The van der Waals surface area contributed by atoms with Crippen LogP contribution in [0.2, 0.25) is 0 Å². The summed E-state index contributed by atoms with van der Waals surface area (Å²) in [7, 11) is 1.56. The number of aryl methyl sites for hydroxylation is 1. The van der Waals surface area contributed by atoms with E-state index in [0.29, 0.717) is 18.0 Å². The standard InChI is InChI=1S/C21H22FN3O2/c1-14-12-16(15(2)25(14)18-10-8-17(22)9-11-18)13-23-21(26)24-19-6-4-5-7-20(19)27-3/h4-12H,13H2,1-3H3,(H2,23,24,26). The molecule has 3 aromatic rings. The highest BCUT2D eigenvalue weighted by Gasteiger charge is 2.12. The molecule has 27 heavy (non-hydrogen) atoms. The van der Waals surface area contributed by atoms with E-state index in [0.717, 1.165) is 22.6 Å². The smallest absolute Gasteiger partial charge is 0.319 e. The molecule has 2 N–H and O–H groups in total. The number of carbonyl (C=O) groups excluding carboxylic acids is 1. The molecule has 0 aliphatic carbocycles. The fourth-order valence-electron chi connectivity index (χ4n) is 3.09.